The Kier molecular flexibility index (Phi) is 5.55. The van der Waals surface area contributed by atoms with Gasteiger partial charge in [0.25, 0.3) is 0 Å². The molecule has 0 unspecified atom stereocenters. The van der Waals surface area contributed by atoms with Crippen molar-refractivity contribution in [3.8, 4) is 22.6 Å². The lowest BCUT2D eigenvalue weighted by Crippen LogP contribution is -2.32. The van der Waals surface area contributed by atoms with E-state index in [4.69, 9.17) is 20.8 Å². The Balaban J connectivity index is 1.25. The van der Waals surface area contributed by atoms with Crippen LogP contribution in [0.5, 0.6) is 11.5 Å². The first-order valence-electron chi connectivity index (χ1n) is 15.8. The van der Waals surface area contributed by atoms with Crippen LogP contribution < -0.4 is 9.64 Å². The summed E-state index contributed by atoms with van der Waals surface area (Å²) in [7, 11) is 0. The second-order valence-corrected chi connectivity index (χ2v) is 12.7. The molecule has 0 amide bonds. The third kappa shape index (κ3) is 3.69. The van der Waals surface area contributed by atoms with Crippen molar-refractivity contribution in [2.45, 2.75) is 5.41 Å². The molecule has 47 heavy (non-hydrogen) atoms. The van der Waals surface area contributed by atoms with Gasteiger partial charge in [-0.2, -0.15) is 0 Å². The molecule has 0 saturated heterocycles. The highest BCUT2D eigenvalue weighted by molar-refractivity contribution is 6.30. The van der Waals surface area contributed by atoms with Crippen molar-refractivity contribution in [1.82, 2.24) is 0 Å². The van der Waals surface area contributed by atoms with Crippen LogP contribution >= 0.6 is 11.6 Å². The summed E-state index contributed by atoms with van der Waals surface area (Å²) in [4.78, 5) is 2.30. The lowest BCUT2D eigenvalue weighted by Gasteiger charge is -2.40. The fourth-order valence-corrected chi connectivity index (χ4v) is 8.05. The summed E-state index contributed by atoms with van der Waals surface area (Å²) in [6, 6.07) is 55.3. The molecule has 2 heterocycles. The second-order valence-electron chi connectivity index (χ2n) is 12.2. The molecule has 1 aromatic heterocycles. The molecule has 0 bridgehead atoms. The van der Waals surface area contributed by atoms with E-state index in [9.17, 15) is 0 Å². The number of fused-ring (bicyclic) bond motifs is 12. The number of benzene rings is 7. The monoisotopic (exact) mass is 623 g/mol. The summed E-state index contributed by atoms with van der Waals surface area (Å²) < 4.78 is 13.0. The van der Waals surface area contributed by atoms with E-state index in [-0.39, 0.29) is 0 Å². The Morgan fingerprint density at radius 3 is 1.91 bits per heavy atom. The number of para-hydroxylation sites is 2. The van der Waals surface area contributed by atoms with Crippen LogP contribution in [0.2, 0.25) is 5.02 Å². The van der Waals surface area contributed by atoms with E-state index in [2.05, 4.69) is 132 Å². The van der Waals surface area contributed by atoms with Crippen LogP contribution in [0.3, 0.4) is 0 Å². The molecule has 222 valence electrons. The van der Waals surface area contributed by atoms with Gasteiger partial charge in [-0.05, 0) is 82.9 Å². The molecule has 1 aliphatic heterocycles. The molecule has 4 heteroatoms. The molecule has 2 aliphatic rings. The standard InChI is InChI=1S/C43H26ClNO2/c44-27-18-22-37-42(24-27)47-40-23-20-29(25-38(40)43(37)35-15-7-4-12-31(35)32-13-5-8-16-36(32)43)45(28-10-2-1-3-11-28)30-19-21-34-33-14-6-9-17-39(33)46-41(34)26-30/h1-26H. The van der Waals surface area contributed by atoms with E-state index in [1.165, 1.54) is 22.3 Å². The van der Waals surface area contributed by atoms with Gasteiger partial charge in [0, 0.05) is 50.1 Å². The van der Waals surface area contributed by atoms with Crippen molar-refractivity contribution in [3.05, 3.63) is 185 Å². The average molecular weight is 624 g/mol. The molecule has 0 radical (unpaired) electrons. The molecule has 0 atom stereocenters. The number of furan rings is 1. The molecule has 0 N–H and O–H groups in total. The number of anilines is 3. The summed E-state index contributed by atoms with van der Waals surface area (Å²) in [6.45, 7) is 0. The van der Waals surface area contributed by atoms with E-state index in [1.807, 2.05) is 30.3 Å². The van der Waals surface area contributed by atoms with E-state index >= 15 is 0 Å². The van der Waals surface area contributed by atoms with Crippen LogP contribution in [0.25, 0.3) is 33.1 Å². The van der Waals surface area contributed by atoms with Crippen molar-refractivity contribution in [1.29, 1.82) is 0 Å². The lowest BCUT2D eigenvalue weighted by atomic mass is 9.66. The Hall–Kier alpha value is -5.77. The molecule has 1 spiro atoms. The van der Waals surface area contributed by atoms with E-state index < -0.39 is 5.41 Å². The largest absolute Gasteiger partial charge is 0.457 e. The van der Waals surface area contributed by atoms with Gasteiger partial charge in [0.05, 0.1) is 5.41 Å². The molecule has 0 saturated carbocycles. The minimum absolute atomic E-state index is 0.595. The van der Waals surface area contributed by atoms with E-state index in [0.29, 0.717) is 5.02 Å². The molecule has 7 aromatic carbocycles. The van der Waals surface area contributed by atoms with Gasteiger partial charge < -0.3 is 14.1 Å². The second kappa shape index (κ2) is 9.86. The first kappa shape index (κ1) is 26.4. The Morgan fingerprint density at radius 1 is 0.447 bits per heavy atom. The van der Waals surface area contributed by atoms with Crippen LogP contribution in [0.1, 0.15) is 22.3 Å². The van der Waals surface area contributed by atoms with Gasteiger partial charge in [-0.15, -0.1) is 0 Å². The quantitative estimate of drug-likeness (QED) is 0.196. The van der Waals surface area contributed by atoms with Crippen molar-refractivity contribution < 1.29 is 9.15 Å². The van der Waals surface area contributed by atoms with Crippen molar-refractivity contribution in [2.75, 3.05) is 4.90 Å². The van der Waals surface area contributed by atoms with Crippen molar-refractivity contribution in [2.24, 2.45) is 0 Å². The zero-order chi connectivity index (χ0) is 31.1. The molecule has 1 aliphatic carbocycles. The van der Waals surface area contributed by atoms with Gasteiger partial charge in [-0.3, -0.25) is 0 Å². The van der Waals surface area contributed by atoms with Crippen molar-refractivity contribution >= 4 is 50.6 Å². The fraction of sp³-hybridized carbons (Fsp3) is 0.0233. The average Bonchev–Trinajstić information content (AvgIpc) is 3.63. The van der Waals surface area contributed by atoms with E-state index in [1.54, 1.807) is 0 Å². The highest BCUT2D eigenvalue weighted by Crippen LogP contribution is 2.62. The van der Waals surface area contributed by atoms with Crippen LogP contribution in [0, 0.1) is 0 Å². The molecular weight excluding hydrogens is 598 g/mol. The minimum Gasteiger partial charge on any atom is -0.457 e. The maximum atomic E-state index is 6.69. The van der Waals surface area contributed by atoms with Gasteiger partial charge in [0.15, 0.2) is 0 Å². The normalized spacial score (nSPS) is 13.6. The first-order chi connectivity index (χ1) is 23.2. The summed E-state index contributed by atoms with van der Waals surface area (Å²) in [5.74, 6) is 1.59. The van der Waals surface area contributed by atoms with Crippen molar-refractivity contribution in [3.63, 3.8) is 0 Å². The van der Waals surface area contributed by atoms with Gasteiger partial charge in [-0.25, -0.2) is 0 Å². The van der Waals surface area contributed by atoms with Crippen LogP contribution in [0.15, 0.2) is 162 Å². The molecule has 0 fully saturated rings. The maximum Gasteiger partial charge on any atom is 0.137 e. The number of halogens is 1. The number of rotatable bonds is 3. The Labute approximate surface area is 276 Å². The Morgan fingerprint density at radius 2 is 1.11 bits per heavy atom. The predicted octanol–water partition coefficient (Wildman–Crippen LogP) is 12.2. The van der Waals surface area contributed by atoms with Crippen LogP contribution in [-0.2, 0) is 5.41 Å². The SMILES string of the molecule is Clc1ccc2c(c1)Oc1ccc(N(c3ccccc3)c3ccc4c(c3)oc3ccccc34)cc1C21c2ccccc2-c2ccccc21. The number of hydrogen-bond donors (Lipinski definition) is 0. The first-order valence-corrected chi connectivity index (χ1v) is 16.2. The minimum atomic E-state index is -0.595. The number of hydrogen-bond acceptors (Lipinski definition) is 3. The highest BCUT2D eigenvalue weighted by Gasteiger charge is 2.51. The van der Waals surface area contributed by atoms with Gasteiger partial charge in [0.1, 0.15) is 22.7 Å². The highest BCUT2D eigenvalue weighted by atomic mass is 35.5. The summed E-state index contributed by atoms with van der Waals surface area (Å²) in [6.07, 6.45) is 0. The molecule has 3 nitrogen and oxygen atoms in total. The molecular formula is C43H26ClNO2. The zero-order valence-electron chi connectivity index (χ0n) is 25.2. The fourth-order valence-electron chi connectivity index (χ4n) is 7.89. The number of ether oxygens (including phenoxy) is 1. The third-order valence-electron chi connectivity index (χ3n) is 9.78. The van der Waals surface area contributed by atoms with E-state index in [0.717, 1.165) is 61.6 Å². The van der Waals surface area contributed by atoms with Crippen LogP contribution in [-0.4, -0.2) is 0 Å². The van der Waals surface area contributed by atoms with Crippen LogP contribution in [0.4, 0.5) is 17.1 Å². The summed E-state index contributed by atoms with van der Waals surface area (Å²) in [5, 5.41) is 2.87. The zero-order valence-corrected chi connectivity index (χ0v) is 25.9. The Bertz CT molecular complexity index is 2490. The number of nitrogens with zero attached hydrogens (tertiary/aromatic N) is 1. The van der Waals surface area contributed by atoms with Gasteiger partial charge >= 0.3 is 0 Å². The smallest absolute Gasteiger partial charge is 0.137 e. The van der Waals surface area contributed by atoms with Gasteiger partial charge in [-0.1, -0.05) is 103 Å². The predicted molar refractivity (Wildman–Crippen MR) is 191 cm³/mol. The lowest BCUT2D eigenvalue weighted by molar-refractivity contribution is 0.436. The maximum absolute atomic E-state index is 6.69. The molecule has 10 rings (SSSR count). The summed E-state index contributed by atoms with van der Waals surface area (Å²) >= 11 is 6.57. The third-order valence-corrected chi connectivity index (χ3v) is 10.0. The van der Waals surface area contributed by atoms with Gasteiger partial charge in [0.2, 0.25) is 0 Å². The summed E-state index contributed by atoms with van der Waals surface area (Å²) in [5.41, 5.74) is 11.3. The topological polar surface area (TPSA) is 25.6 Å². The molecule has 8 aromatic rings.